The first kappa shape index (κ1) is 17.9. The van der Waals surface area contributed by atoms with Crippen LogP contribution in [-0.4, -0.2) is 13.9 Å². The maximum absolute atomic E-state index is 9.75. The molecule has 0 fully saturated rings. The molecular formula is C19H16BF4N2-. The van der Waals surface area contributed by atoms with Crippen molar-refractivity contribution in [3.8, 4) is 0 Å². The normalized spacial score (nSPS) is 13.1. The summed E-state index contributed by atoms with van der Waals surface area (Å²) in [5, 5.41) is 0. The van der Waals surface area contributed by atoms with Crippen LogP contribution in [0, 0.1) is 0 Å². The molecule has 0 radical (unpaired) electrons. The molecule has 0 bridgehead atoms. The van der Waals surface area contributed by atoms with Gasteiger partial charge in [-0.05, 0) is 36.4 Å². The van der Waals surface area contributed by atoms with E-state index in [2.05, 4.69) is 94.7 Å². The number of anilines is 4. The van der Waals surface area contributed by atoms with Gasteiger partial charge in [0.2, 0.25) is 0 Å². The van der Waals surface area contributed by atoms with Crippen LogP contribution in [0.5, 0.6) is 0 Å². The minimum Gasteiger partial charge on any atom is -0.418 e. The Morgan fingerprint density at radius 3 is 1.19 bits per heavy atom. The summed E-state index contributed by atoms with van der Waals surface area (Å²) in [6.45, 7) is 0.841. The molecular weight excluding hydrogens is 343 g/mol. The van der Waals surface area contributed by atoms with E-state index in [0.717, 1.165) is 6.67 Å². The number of para-hydroxylation sites is 4. The van der Waals surface area contributed by atoms with Gasteiger partial charge in [0.1, 0.15) is 6.67 Å². The number of halogens is 4. The maximum atomic E-state index is 9.75. The SMILES string of the molecule is F[B-](F)(F)F.c1ccc(N2CN(c3ccccc3)c3ccccc32)cc1. The van der Waals surface area contributed by atoms with E-state index in [9.17, 15) is 17.3 Å². The monoisotopic (exact) mass is 359 g/mol. The van der Waals surface area contributed by atoms with Gasteiger partial charge in [0.05, 0.1) is 11.4 Å². The highest BCUT2D eigenvalue weighted by Crippen LogP contribution is 2.43. The van der Waals surface area contributed by atoms with Gasteiger partial charge >= 0.3 is 7.25 Å². The van der Waals surface area contributed by atoms with Crippen molar-refractivity contribution in [2.75, 3.05) is 16.5 Å². The van der Waals surface area contributed by atoms with Gasteiger partial charge in [-0.3, -0.25) is 0 Å². The fourth-order valence-corrected chi connectivity index (χ4v) is 2.87. The Morgan fingerprint density at radius 1 is 0.538 bits per heavy atom. The number of benzene rings is 3. The molecule has 2 nitrogen and oxygen atoms in total. The molecule has 0 saturated heterocycles. The molecule has 4 rings (SSSR count). The van der Waals surface area contributed by atoms with Crippen LogP contribution in [0.3, 0.4) is 0 Å². The Labute approximate surface area is 149 Å². The molecule has 7 heteroatoms. The van der Waals surface area contributed by atoms with Crippen molar-refractivity contribution in [1.29, 1.82) is 0 Å². The topological polar surface area (TPSA) is 6.48 Å². The zero-order valence-electron chi connectivity index (χ0n) is 13.8. The lowest BCUT2D eigenvalue weighted by Gasteiger charge is -2.21. The van der Waals surface area contributed by atoms with Gasteiger partial charge in [0.25, 0.3) is 0 Å². The molecule has 0 aliphatic carbocycles. The first-order valence-corrected chi connectivity index (χ1v) is 8.05. The molecule has 134 valence electrons. The Bertz CT molecular complexity index is 770. The standard InChI is InChI=1S/C19H16N2.BF4/c1-3-9-16(10-4-1)20-15-21(17-11-5-2-6-12-17)19-14-8-7-13-18(19)20;2-1(3,4)5/h1-14H,15H2;/q;-1. The lowest BCUT2D eigenvalue weighted by atomic mass is 10.2. The van der Waals surface area contributed by atoms with E-state index in [1.165, 1.54) is 22.7 Å². The van der Waals surface area contributed by atoms with Gasteiger partial charge in [-0.2, -0.15) is 0 Å². The first-order chi connectivity index (χ1) is 12.4. The summed E-state index contributed by atoms with van der Waals surface area (Å²) in [5.74, 6) is 0. The Balaban J connectivity index is 0.000000349. The maximum Gasteiger partial charge on any atom is 0.673 e. The quantitative estimate of drug-likeness (QED) is 0.395. The third-order valence-corrected chi connectivity index (χ3v) is 3.88. The number of hydrogen-bond acceptors (Lipinski definition) is 2. The number of nitrogens with zero attached hydrogens (tertiary/aromatic N) is 2. The average molecular weight is 359 g/mol. The number of fused-ring (bicyclic) bond motifs is 1. The van der Waals surface area contributed by atoms with E-state index < -0.39 is 7.25 Å². The molecule has 0 spiro atoms. The second-order valence-electron chi connectivity index (χ2n) is 5.65. The highest BCUT2D eigenvalue weighted by molar-refractivity contribution is 6.50. The zero-order chi connectivity index (χ0) is 18.6. The summed E-state index contributed by atoms with van der Waals surface area (Å²) < 4.78 is 39.0. The molecule has 0 unspecified atom stereocenters. The van der Waals surface area contributed by atoms with Crippen molar-refractivity contribution >= 4 is 30.0 Å². The van der Waals surface area contributed by atoms with E-state index in [1.807, 2.05) is 0 Å². The lowest BCUT2D eigenvalue weighted by Crippen LogP contribution is -2.23. The van der Waals surface area contributed by atoms with E-state index in [0.29, 0.717) is 0 Å². The van der Waals surface area contributed by atoms with Crippen molar-refractivity contribution in [3.05, 3.63) is 84.9 Å². The number of rotatable bonds is 2. The molecule has 0 aromatic heterocycles. The van der Waals surface area contributed by atoms with Crippen LogP contribution in [0.4, 0.5) is 40.0 Å². The Kier molecular flexibility index (Phi) is 5.16. The third kappa shape index (κ3) is 4.36. The van der Waals surface area contributed by atoms with E-state index >= 15 is 0 Å². The summed E-state index contributed by atoms with van der Waals surface area (Å²) in [7, 11) is -6.00. The van der Waals surface area contributed by atoms with Crippen LogP contribution in [-0.2, 0) is 0 Å². The van der Waals surface area contributed by atoms with Crippen molar-refractivity contribution in [1.82, 2.24) is 0 Å². The minimum atomic E-state index is -6.00. The highest BCUT2D eigenvalue weighted by atomic mass is 19.5. The van der Waals surface area contributed by atoms with Crippen LogP contribution in [0.2, 0.25) is 0 Å². The predicted octanol–water partition coefficient (Wildman–Crippen LogP) is 6.23. The molecule has 1 aliphatic rings. The van der Waals surface area contributed by atoms with Crippen molar-refractivity contribution in [2.45, 2.75) is 0 Å². The smallest absolute Gasteiger partial charge is 0.418 e. The van der Waals surface area contributed by atoms with Crippen LogP contribution in [0.15, 0.2) is 84.9 Å². The largest absolute Gasteiger partial charge is 0.673 e. The second-order valence-corrected chi connectivity index (χ2v) is 5.65. The van der Waals surface area contributed by atoms with Crippen LogP contribution in [0.25, 0.3) is 0 Å². The third-order valence-electron chi connectivity index (χ3n) is 3.88. The molecule has 0 N–H and O–H groups in total. The molecule has 0 saturated carbocycles. The van der Waals surface area contributed by atoms with Gasteiger partial charge in [-0.15, -0.1) is 0 Å². The van der Waals surface area contributed by atoms with Gasteiger partial charge in [0, 0.05) is 11.4 Å². The predicted molar refractivity (Wildman–Crippen MR) is 98.7 cm³/mol. The second kappa shape index (κ2) is 7.51. The van der Waals surface area contributed by atoms with Gasteiger partial charge in [-0.25, -0.2) is 0 Å². The van der Waals surface area contributed by atoms with Crippen molar-refractivity contribution in [2.24, 2.45) is 0 Å². The summed E-state index contributed by atoms with van der Waals surface area (Å²) in [5.41, 5.74) is 4.96. The summed E-state index contributed by atoms with van der Waals surface area (Å²) in [4.78, 5) is 4.70. The summed E-state index contributed by atoms with van der Waals surface area (Å²) >= 11 is 0. The average Bonchev–Trinajstić information content (AvgIpc) is 3.02. The number of hydrogen-bond donors (Lipinski definition) is 0. The lowest BCUT2D eigenvalue weighted by molar-refractivity contribution is 0.368. The molecule has 1 aliphatic heterocycles. The Morgan fingerprint density at radius 2 is 0.846 bits per heavy atom. The molecule has 3 aromatic carbocycles. The van der Waals surface area contributed by atoms with E-state index in [4.69, 9.17) is 0 Å². The molecule has 26 heavy (non-hydrogen) atoms. The van der Waals surface area contributed by atoms with Gasteiger partial charge in [0.15, 0.2) is 0 Å². The van der Waals surface area contributed by atoms with Crippen molar-refractivity contribution in [3.63, 3.8) is 0 Å². The first-order valence-electron chi connectivity index (χ1n) is 8.05. The Hall–Kier alpha value is -2.96. The van der Waals surface area contributed by atoms with E-state index in [-0.39, 0.29) is 0 Å². The zero-order valence-corrected chi connectivity index (χ0v) is 13.8. The van der Waals surface area contributed by atoms with Crippen molar-refractivity contribution < 1.29 is 17.3 Å². The van der Waals surface area contributed by atoms with E-state index in [1.54, 1.807) is 0 Å². The molecule has 0 atom stereocenters. The van der Waals surface area contributed by atoms with Crippen LogP contribution in [0.1, 0.15) is 0 Å². The van der Waals surface area contributed by atoms with Crippen LogP contribution < -0.4 is 9.80 Å². The van der Waals surface area contributed by atoms with Gasteiger partial charge in [-0.1, -0.05) is 48.5 Å². The van der Waals surface area contributed by atoms with Crippen LogP contribution >= 0.6 is 0 Å². The fourth-order valence-electron chi connectivity index (χ4n) is 2.87. The highest BCUT2D eigenvalue weighted by Gasteiger charge is 2.27. The summed E-state index contributed by atoms with van der Waals surface area (Å²) in [6, 6.07) is 29.7. The summed E-state index contributed by atoms with van der Waals surface area (Å²) in [6.07, 6.45) is 0. The minimum absolute atomic E-state index is 0.841. The van der Waals surface area contributed by atoms with Gasteiger partial charge < -0.3 is 27.1 Å². The molecule has 0 amide bonds. The molecule has 1 heterocycles. The fraction of sp³-hybridized carbons (Fsp3) is 0.0526. The molecule has 3 aromatic rings.